The van der Waals surface area contributed by atoms with E-state index < -0.39 is 17.9 Å². The predicted molar refractivity (Wildman–Crippen MR) is 138 cm³/mol. The van der Waals surface area contributed by atoms with Gasteiger partial charge in [-0.3, -0.25) is 14.4 Å². The molecule has 2 aromatic heterocycles. The molecule has 1 fully saturated rings. The van der Waals surface area contributed by atoms with Crippen LogP contribution < -0.4 is 16.8 Å². The molecule has 2 heterocycles. The number of primary amides is 1. The van der Waals surface area contributed by atoms with E-state index in [1.54, 1.807) is 24.3 Å². The lowest BCUT2D eigenvalue weighted by Crippen LogP contribution is -2.46. The maximum Gasteiger partial charge on any atom is 0.270 e. The largest absolute Gasteiger partial charge is 0.395 e. The Morgan fingerprint density at radius 2 is 1.86 bits per heavy atom. The van der Waals surface area contributed by atoms with E-state index in [1.807, 2.05) is 17.5 Å². The minimum atomic E-state index is -0.942. The van der Waals surface area contributed by atoms with Crippen molar-refractivity contribution in [2.75, 3.05) is 5.73 Å². The van der Waals surface area contributed by atoms with Crippen LogP contribution in [0, 0.1) is 0 Å². The number of anilines is 1. The second-order valence-electron chi connectivity index (χ2n) is 8.45. The zero-order valence-corrected chi connectivity index (χ0v) is 21.3. The maximum absolute atomic E-state index is 13.9. The molecule has 8 nitrogen and oxygen atoms in total. The fraction of sp³-hybridized carbons (Fsp3) is 0.333. The van der Waals surface area contributed by atoms with E-state index in [-0.39, 0.29) is 34.8 Å². The number of rotatable bonds is 8. The number of halogens is 1. The molecule has 1 aliphatic carbocycles. The van der Waals surface area contributed by atoms with Crippen LogP contribution in [0.3, 0.4) is 0 Å². The molecule has 0 saturated heterocycles. The SMILES string of the molecule is NC(=O)c1nsc(C(=O)N(Cc2cccs2)[C@H](C(=O)NC2CCCCC2)c2ccc(Cl)cc2)c1N. The molecule has 1 saturated carbocycles. The van der Waals surface area contributed by atoms with E-state index in [4.69, 9.17) is 23.1 Å². The van der Waals surface area contributed by atoms with E-state index in [1.165, 1.54) is 16.2 Å². The Balaban J connectivity index is 1.75. The van der Waals surface area contributed by atoms with E-state index in [0.717, 1.165) is 48.5 Å². The van der Waals surface area contributed by atoms with Crippen molar-refractivity contribution in [1.82, 2.24) is 14.6 Å². The fourth-order valence-corrected chi connectivity index (χ4v) is 5.85. The van der Waals surface area contributed by atoms with Gasteiger partial charge in [-0.15, -0.1) is 11.3 Å². The van der Waals surface area contributed by atoms with Crippen LogP contribution in [0.1, 0.15) is 68.7 Å². The molecule has 0 unspecified atom stereocenters. The molecule has 1 aliphatic rings. The molecule has 0 aliphatic heterocycles. The number of nitrogens with zero attached hydrogens (tertiary/aromatic N) is 2. The highest BCUT2D eigenvalue weighted by atomic mass is 35.5. The Morgan fingerprint density at radius 1 is 1.14 bits per heavy atom. The molecule has 4 rings (SSSR count). The summed E-state index contributed by atoms with van der Waals surface area (Å²) in [7, 11) is 0. The van der Waals surface area contributed by atoms with Gasteiger partial charge >= 0.3 is 0 Å². The summed E-state index contributed by atoms with van der Waals surface area (Å²) in [5.74, 6) is -1.59. The van der Waals surface area contributed by atoms with Gasteiger partial charge < -0.3 is 21.7 Å². The lowest BCUT2D eigenvalue weighted by molar-refractivity contribution is -0.127. The topological polar surface area (TPSA) is 131 Å². The summed E-state index contributed by atoms with van der Waals surface area (Å²) in [5.41, 5.74) is 11.8. The van der Waals surface area contributed by atoms with E-state index in [0.29, 0.717) is 10.6 Å². The van der Waals surface area contributed by atoms with Gasteiger partial charge in [0.05, 0.1) is 12.2 Å². The number of carbonyl (C=O) groups excluding carboxylic acids is 3. The minimum Gasteiger partial charge on any atom is -0.395 e. The fourth-order valence-electron chi connectivity index (χ4n) is 4.26. The summed E-state index contributed by atoms with van der Waals surface area (Å²) in [6.07, 6.45) is 5.08. The number of hydrogen-bond donors (Lipinski definition) is 3. The standard InChI is InChI=1S/C24H26ClN5O3S2/c25-15-10-8-14(9-11-15)20(23(32)28-16-5-2-1-3-6-16)30(13-17-7-4-12-34-17)24(33)21-18(26)19(22(27)31)29-35-21/h4,7-12,16,20H,1-3,5-6,13,26H2,(H2,27,31)(H,28,32)/t20-/m0/s1. The number of carbonyl (C=O) groups is 3. The summed E-state index contributed by atoms with van der Waals surface area (Å²) < 4.78 is 3.98. The lowest BCUT2D eigenvalue weighted by Gasteiger charge is -2.33. The van der Waals surface area contributed by atoms with Crippen molar-refractivity contribution in [3.63, 3.8) is 0 Å². The molecule has 0 bridgehead atoms. The Morgan fingerprint density at radius 3 is 2.46 bits per heavy atom. The van der Waals surface area contributed by atoms with Crippen LogP contribution in [0.2, 0.25) is 5.02 Å². The molecule has 184 valence electrons. The summed E-state index contributed by atoms with van der Waals surface area (Å²) in [5, 5.41) is 5.59. The molecule has 3 aromatic rings. The van der Waals surface area contributed by atoms with Crippen LogP contribution in [0.5, 0.6) is 0 Å². The lowest BCUT2D eigenvalue weighted by atomic mass is 9.94. The molecular weight excluding hydrogens is 506 g/mol. The smallest absolute Gasteiger partial charge is 0.270 e. The number of nitrogen functional groups attached to an aromatic ring is 1. The zero-order valence-electron chi connectivity index (χ0n) is 18.9. The highest BCUT2D eigenvalue weighted by Crippen LogP contribution is 2.32. The molecule has 3 amide bonds. The molecule has 11 heteroatoms. The Hall–Kier alpha value is -2.95. The quantitative estimate of drug-likeness (QED) is 0.397. The van der Waals surface area contributed by atoms with Crippen LogP contribution in [0.15, 0.2) is 41.8 Å². The zero-order chi connectivity index (χ0) is 24.9. The van der Waals surface area contributed by atoms with Gasteiger partial charge in [-0.25, -0.2) is 0 Å². The first-order valence-electron chi connectivity index (χ1n) is 11.3. The third-order valence-corrected chi connectivity index (χ3v) is 7.98. The van der Waals surface area contributed by atoms with E-state index in [2.05, 4.69) is 9.69 Å². The molecule has 5 N–H and O–H groups in total. The van der Waals surface area contributed by atoms with Gasteiger partial charge in [0, 0.05) is 15.9 Å². The summed E-state index contributed by atoms with van der Waals surface area (Å²) >= 11 is 8.39. The molecule has 1 atom stereocenters. The first kappa shape index (κ1) is 25.2. The average Bonchev–Trinajstić information content (AvgIpc) is 3.49. The van der Waals surface area contributed by atoms with Crippen LogP contribution in [0.4, 0.5) is 5.69 Å². The highest BCUT2D eigenvalue weighted by Gasteiger charge is 2.36. The van der Waals surface area contributed by atoms with E-state index in [9.17, 15) is 14.4 Å². The van der Waals surface area contributed by atoms with Crippen LogP contribution in [-0.4, -0.2) is 33.0 Å². The van der Waals surface area contributed by atoms with Gasteiger partial charge in [-0.1, -0.05) is 49.1 Å². The average molecular weight is 532 g/mol. The van der Waals surface area contributed by atoms with Gasteiger partial charge in [0.1, 0.15) is 10.9 Å². The van der Waals surface area contributed by atoms with Crippen molar-refractivity contribution in [3.8, 4) is 0 Å². The number of nitrogens with two attached hydrogens (primary N) is 2. The maximum atomic E-state index is 13.9. The van der Waals surface area contributed by atoms with Crippen LogP contribution in [0.25, 0.3) is 0 Å². The first-order chi connectivity index (χ1) is 16.8. The van der Waals surface area contributed by atoms with Crippen molar-refractivity contribution < 1.29 is 14.4 Å². The number of aromatic nitrogens is 1. The monoisotopic (exact) mass is 531 g/mol. The first-order valence-corrected chi connectivity index (χ1v) is 13.3. The molecular formula is C24H26ClN5O3S2. The van der Waals surface area contributed by atoms with Crippen molar-refractivity contribution in [3.05, 3.63) is 67.8 Å². The number of nitrogens with one attached hydrogen (secondary N) is 1. The van der Waals surface area contributed by atoms with Crippen molar-refractivity contribution in [2.24, 2.45) is 5.73 Å². The third kappa shape index (κ3) is 5.83. The van der Waals surface area contributed by atoms with Gasteiger partial charge in [0.15, 0.2) is 5.69 Å². The normalized spacial score (nSPS) is 14.9. The van der Waals surface area contributed by atoms with E-state index >= 15 is 0 Å². The molecule has 0 radical (unpaired) electrons. The van der Waals surface area contributed by atoms with Crippen molar-refractivity contribution in [1.29, 1.82) is 0 Å². The third-order valence-electron chi connectivity index (χ3n) is 6.02. The Labute approximate surface area is 216 Å². The number of thiophene rings is 1. The molecule has 1 aromatic carbocycles. The van der Waals surface area contributed by atoms with Crippen LogP contribution in [-0.2, 0) is 11.3 Å². The number of amides is 3. The summed E-state index contributed by atoms with van der Waals surface area (Å²) in [6, 6.07) is 9.76. The Bertz CT molecular complexity index is 1190. The number of benzene rings is 1. The number of hydrogen-bond acceptors (Lipinski definition) is 7. The summed E-state index contributed by atoms with van der Waals surface area (Å²) in [4.78, 5) is 41.7. The summed E-state index contributed by atoms with van der Waals surface area (Å²) in [6.45, 7) is 0.172. The van der Waals surface area contributed by atoms with Gasteiger partial charge in [-0.2, -0.15) is 4.37 Å². The Kier molecular flexibility index (Phi) is 8.04. The van der Waals surface area contributed by atoms with Crippen molar-refractivity contribution in [2.45, 2.75) is 50.7 Å². The predicted octanol–water partition coefficient (Wildman–Crippen LogP) is 4.37. The van der Waals surface area contributed by atoms with Gasteiger partial charge in [-0.05, 0) is 53.5 Å². The molecule has 35 heavy (non-hydrogen) atoms. The highest BCUT2D eigenvalue weighted by molar-refractivity contribution is 7.10. The second-order valence-corrected chi connectivity index (χ2v) is 10.7. The van der Waals surface area contributed by atoms with Crippen molar-refractivity contribution >= 4 is 57.9 Å². The van der Waals surface area contributed by atoms with Gasteiger partial charge in [0.2, 0.25) is 5.91 Å². The molecule has 0 spiro atoms. The second kappa shape index (κ2) is 11.2. The van der Waals surface area contributed by atoms with Crippen LogP contribution >= 0.6 is 34.5 Å². The minimum absolute atomic E-state index is 0.0553. The van der Waals surface area contributed by atoms with Gasteiger partial charge in [0.25, 0.3) is 11.8 Å².